The van der Waals surface area contributed by atoms with Crippen molar-refractivity contribution in [2.45, 2.75) is 43.3 Å². The molecular formula is C25H30N6O5S2. The normalized spacial score (nSPS) is 15.5. The van der Waals surface area contributed by atoms with Gasteiger partial charge in [-0.25, -0.2) is 13.2 Å². The lowest BCUT2D eigenvalue weighted by molar-refractivity contribution is -0.119. The number of aromatic nitrogens is 2. The van der Waals surface area contributed by atoms with Crippen LogP contribution >= 0.6 is 11.3 Å². The van der Waals surface area contributed by atoms with E-state index < -0.39 is 28.1 Å². The summed E-state index contributed by atoms with van der Waals surface area (Å²) in [5.74, 6) is -0.739. The molecule has 3 aromatic rings. The van der Waals surface area contributed by atoms with Crippen molar-refractivity contribution in [3.63, 3.8) is 0 Å². The number of nitrogens with one attached hydrogen (secondary N) is 2. The summed E-state index contributed by atoms with van der Waals surface area (Å²) in [5.41, 5.74) is 7.93. The number of carbonyl (C=O) groups is 2. The fraction of sp³-hybridized carbons (Fsp3) is 0.360. The van der Waals surface area contributed by atoms with E-state index in [1.807, 2.05) is 36.4 Å². The first kappa shape index (κ1) is 27.6. The van der Waals surface area contributed by atoms with Crippen LogP contribution in [0.15, 0.2) is 58.9 Å². The van der Waals surface area contributed by atoms with Crippen molar-refractivity contribution in [3.05, 3.63) is 70.7 Å². The van der Waals surface area contributed by atoms with Crippen LogP contribution in [0.5, 0.6) is 0 Å². The molecule has 1 aliphatic heterocycles. The van der Waals surface area contributed by atoms with Gasteiger partial charge in [0.25, 0.3) is 10.0 Å². The first-order chi connectivity index (χ1) is 18.3. The number of nitrogens with two attached hydrogens (primary N) is 1. The predicted octanol–water partition coefficient (Wildman–Crippen LogP) is 2.64. The molecule has 202 valence electrons. The molecule has 0 bridgehead atoms. The standard InChI is InChI=1S/C25H30N6O5S2/c1-17-29-30-25(37-17)38(34,35)31-12-10-20(11-13-31)22(23(32)27-21-9-5-8-19(14-21)15-26)28-24(33)36-16-18-6-3-2-4-7-18/h2-9,14,20,22H,10-13,15-16,26H2,1H3,(H,27,32)(H,28,33)/t22-/m0/s1. The highest BCUT2D eigenvalue weighted by atomic mass is 32.2. The number of aryl methyl sites for hydroxylation is 1. The molecule has 1 fully saturated rings. The molecule has 2 amide bonds. The van der Waals surface area contributed by atoms with Crippen molar-refractivity contribution in [1.82, 2.24) is 19.8 Å². The van der Waals surface area contributed by atoms with E-state index in [4.69, 9.17) is 10.5 Å². The summed E-state index contributed by atoms with van der Waals surface area (Å²) in [4.78, 5) is 26.1. The average molecular weight is 559 g/mol. The Labute approximate surface area is 225 Å². The van der Waals surface area contributed by atoms with Gasteiger partial charge in [0.15, 0.2) is 0 Å². The maximum atomic E-state index is 13.4. The van der Waals surface area contributed by atoms with E-state index >= 15 is 0 Å². The van der Waals surface area contributed by atoms with E-state index in [0.717, 1.165) is 22.5 Å². The van der Waals surface area contributed by atoms with Gasteiger partial charge >= 0.3 is 6.09 Å². The second-order valence-corrected chi connectivity index (χ2v) is 12.2. The van der Waals surface area contributed by atoms with Crippen LogP contribution in [0.1, 0.15) is 29.0 Å². The minimum atomic E-state index is -3.78. The van der Waals surface area contributed by atoms with Crippen LogP contribution in [-0.4, -0.2) is 54.1 Å². The molecule has 0 saturated carbocycles. The third-order valence-corrected chi connectivity index (χ3v) is 9.32. The molecule has 0 unspecified atom stereocenters. The maximum Gasteiger partial charge on any atom is 0.408 e. The number of hydrogen-bond acceptors (Lipinski definition) is 9. The molecule has 2 aromatic carbocycles. The molecule has 1 aromatic heterocycles. The van der Waals surface area contributed by atoms with Crippen molar-refractivity contribution in [1.29, 1.82) is 0 Å². The first-order valence-corrected chi connectivity index (χ1v) is 14.4. The lowest BCUT2D eigenvalue weighted by atomic mass is 9.89. The predicted molar refractivity (Wildman–Crippen MR) is 143 cm³/mol. The molecule has 0 aliphatic carbocycles. The van der Waals surface area contributed by atoms with E-state index in [9.17, 15) is 18.0 Å². The Kier molecular flexibility index (Phi) is 9.05. The summed E-state index contributed by atoms with van der Waals surface area (Å²) < 4.78 is 32.6. The van der Waals surface area contributed by atoms with Gasteiger partial charge in [-0.2, -0.15) is 4.31 Å². The Balaban J connectivity index is 1.45. The van der Waals surface area contributed by atoms with Crippen molar-refractivity contribution in [2.75, 3.05) is 18.4 Å². The molecule has 1 atom stereocenters. The minimum Gasteiger partial charge on any atom is -0.445 e. The number of hydrogen-bond donors (Lipinski definition) is 3. The summed E-state index contributed by atoms with van der Waals surface area (Å²) in [5, 5.41) is 13.7. The van der Waals surface area contributed by atoms with Gasteiger partial charge in [0.2, 0.25) is 10.2 Å². The average Bonchev–Trinajstić information content (AvgIpc) is 3.38. The number of ether oxygens (including phenoxy) is 1. The number of alkyl carbamates (subject to hydrolysis) is 1. The van der Waals surface area contributed by atoms with Crippen molar-refractivity contribution < 1.29 is 22.7 Å². The maximum absolute atomic E-state index is 13.4. The number of carbonyl (C=O) groups excluding carboxylic acids is 2. The van der Waals surface area contributed by atoms with E-state index in [1.165, 1.54) is 4.31 Å². The smallest absolute Gasteiger partial charge is 0.408 e. The topological polar surface area (TPSA) is 157 Å². The summed E-state index contributed by atoms with van der Waals surface area (Å²) in [7, 11) is -3.78. The highest BCUT2D eigenvalue weighted by Gasteiger charge is 2.37. The van der Waals surface area contributed by atoms with Crippen LogP contribution in [0.3, 0.4) is 0 Å². The Bertz CT molecular complexity index is 1360. The third kappa shape index (κ3) is 6.92. The zero-order valence-corrected chi connectivity index (χ0v) is 22.5. The van der Waals surface area contributed by atoms with Gasteiger partial charge in [-0.1, -0.05) is 53.8 Å². The zero-order valence-electron chi connectivity index (χ0n) is 20.9. The molecule has 38 heavy (non-hydrogen) atoms. The highest BCUT2D eigenvalue weighted by Crippen LogP contribution is 2.28. The first-order valence-electron chi connectivity index (χ1n) is 12.1. The molecular weight excluding hydrogens is 528 g/mol. The SMILES string of the molecule is Cc1nnc(S(=O)(=O)N2CCC([C@H](NC(=O)OCc3ccccc3)C(=O)Nc3cccc(CN)c3)CC2)s1. The van der Waals surface area contributed by atoms with Gasteiger partial charge in [0.05, 0.1) is 0 Å². The van der Waals surface area contributed by atoms with E-state index in [1.54, 1.807) is 25.1 Å². The molecule has 1 aliphatic rings. The number of piperidine rings is 1. The molecule has 0 radical (unpaired) electrons. The summed E-state index contributed by atoms with van der Waals surface area (Å²) in [6, 6.07) is 15.4. The Morgan fingerprint density at radius 3 is 2.47 bits per heavy atom. The number of benzene rings is 2. The molecule has 4 N–H and O–H groups in total. The zero-order chi connectivity index (χ0) is 27.1. The van der Waals surface area contributed by atoms with Gasteiger partial charge in [-0.05, 0) is 48.9 Å². The van der Waals surface area contributed by atoms with Gasteiger partial charge in [-0.3, -0.25) is 4.79 Å². The highest BCUT2D eigenvalue weighted by molar-refractivity contribution is 7.91. The van der Waals surface area contributed by atoms with Gasteiger partial charge < -0.3 is 21.1 Å². The van der Waals surface area contributed by atoms with Crippen molar-refractivity contribution >= 4 is 39.0 Å². The van der Waals surface area contributed by atoms with Crippen LogP contribution in [0.2, 0.25) is 0 Å². The van der Waals surface area contributed by atoms with Crippen LogP contribution in [0.25, 0.3) is 0 Å². The summed E-state index contributed by atoms with van der Waals surface area (Å²) in [6.07, 6.45) is -0.0162. The molecule has 13 heteroatoms. The fourth-order valence-electron chi connectivity index (χ4n) is 4.23. The quantitative estimate of drug-likeness (QED) is 0.362. The largest absolute Gasteiger partial charge is 0.445 e. The van der Waals surface area contributed by atoms with Crippen LogP contribution in [-0.2, 0) is 32.7 Å². The molecule has 2 heterocycles. The summed E-state index contributed by atoms with van der Waals surface area (Å²) in [6.45, 7) is 2.42. The fourth-order valence-corrected chi connectivity index (χ4v) is 6.80. The van der Waals surface area contributed by atoms with Crippen molar-refractivity contribution in [2.24, 2.45) is 11.7 Å². The Morgan fingerprint density at radius 1 is 1.11 bits per heavy atom. The number of rotatable bonds is 9. The van der Waals surface area contributed by atoms with E-state index in [0.29, 0.717) is 30.1 Å². The third-order valence-electron chi connectivity index (χ3n) is 6.24. The summed E-state index contributed by atoms with van der Waals surface area (Å²) >= 11 is 1.02. The van der Waals surface area contributed by atoms with Crippen LogP contribution in [0, 0.1) is 12.8 Å². The molecule has 0 spiro atoms. The lowest BCUT2D eigenvalue weighted by Gasteiger charge is -2.34. The number of nitrogens with zero attached hydrogens (tertiary/aromatic N) is 3. The number of anilines is 1. The van der Waals surface area contributed by atoms with Gasteiger partial charge in [-0.15, -0.1) is 10.2 Å². The molecule has 11 nitrogen and oxygen atoms in total. The minimum absolute atomic E-state index is 0.0508. The number of amides is 2. The van der Waals surface area contributed by atoms with E-state index in [2.05, 4.69) is 20.8 Å². The monoisotopic (exact) mass is 558 g/mol. The van der Waals surface area contributed by atoms with Gasteiger partial charge in [0.1, 0.15) is 17.7 Å². The lowest BCUT2D eigenvalue weighted by Crippen LogP contribution is -2.52. The van der Waals surface area contributed by atoms with Gasteiger partial charge in [0, 0.05) is 25.3 Å². The van der Waals surface area contributed by atoms with Crippen molar-refractivity contribution in [3.8, 4) is 0 Å². The van der Waals surface area contributed by atoms with Crippen LogP contribution < -0.4 is 16.4 Å². The number of sulfonamides is 1. The second kappa shape index (κ2) is 12.4. The Morgan fingerprint density at radius 2 is 1.82 bits per heavy atom. The molecule has 4 rings (SSSR count). The second-order valence-electron chi connectivity index (χ2n) is 8.91. The molecule has 1 saturated heterocycles. The Hall–Kier alpha value is -3.39. The van der Waals surface area contributed by atoms with E-state index in [-0.39, 0.29) is 30.0 Å². The van der Waals surface area contributed by atoms with Crippen LogP contribution in [0.4, 0.5) is 10.5 Å².